The maximum atomic E-state index is 12.9. The number of carbonyl (C=O) groups excluding carboxylic acids is 1. The summed E-state index contributed by atoms with van der Waals surface area (Å²) in [5.41, 5.74) is 0.425. The van der Waals surface area contributed by atoms with Crippen molar-refractivity contribution in [3.63, 3.8) is 0 Å². The Bertz CT molecular complexity index is 699. The van der Waals surface area contributed by atoms with Gasteiger partial charge in [0.1, 0.15) is 10.6 Å². The SMILES string of the molecule is CCOc1ccc(NC(=O)CC(C)OC)cc1S(=O)(=O)N1CCCC1. The van der Waals surface area contributed by atoms with Gasteiger partial charge in [-0.2, -0.15) is 4.31 Å². The Morgan fingerprint density at radius 3 is 2.60 bits per heavy atom. The van der Waals surface area contributed by atoms with Gasteiger partial charge in [0.25, 0.3) is 0 Å². The number of hydrogen-bond donors (Lipinski definition) is 1. The van der Waals surface area contributed by atoms with Gasteiger partial charge < -0.3 is 14.8 Å². The average Bonchev–Trinajstić information content (AvgIpc) is 3.11. The topological polar surface area (TPSA) is 84.9 Å². The quantitative estimate of drug-likeness (QED) is 0.758. The molecule has 25 heavy (non-hydrogen) atoms. The Morgan fingerprint density at radius 2 is 2.00 bits per heavy atom. The summed E-state index contributed by atoms with van der Waals surface area (Å²) in [4.78, 5) is 12.1. The lowest BCUT2D eigenvalue weighted by Gasteiger charge is -2.19. The van der Waals surface area contributed by atoms with Crippen molar-refractivity contribution in [1.29, 1.82) is 0 Å². The fourth-order valence-corrected chi connectivity index (χ4v) is 4.36. The second-order valence-electron chi connectivity index (χ2n) is 6.00. The summed E-state index contributed by atoms with van der Waals surface area (Å²) in [7, 11) is -2.11. The number of rotatable bonds is 8. The first-order valence-electron chi connectivity index (χ1n) is 8.48. The van der Waals surface area contributed by atoms with Crippen LogP contribution in [0, 0.1) is 0 Å². The maximum Gasteiger partial charge on any atom is 0.246 e. The molecule has 1 heterocycles. The minimum absolute atomic E-state index is 0.0915. The van der Waals surface area contributed by atoms with Crippen molar-refractivity contribution in [1.82, 2.24) is 4.31 Å². The van der Waals surface area contributed by atoms with Gasteiger partial charge in [0.2, 0.25) is 15.9 Å². The smallest absolute Gasteiger partial charge is 0.246 e. The highest BCUT2D eigenvalue weighted by atomic mass is 32.2. The third-order valence-corrected chi connectivity index (χ3v) is 6.01. The van der Waals surface area contributed by atoms with Crippen LogP contribution in [0.15, 0.2) is 23.1 Å². The zero-order valence-electron chi connectivity index (χ0n) is 14.9. The summed E-state index contributed by atoms with van der Waals surface area (Å²) in [6, 6.07) is 4.69. The van der Waals surface area contributed by atoms with E-state index >= 15 is 0 Å². The lowest BCUT2D eigenvalue weighted by atomic mass is 10.2. The Hall–Kier alpha value is -1.64. The van der Waals surface area contributed by atoms with Crippen LogP contribution in [0.4, 0.5) is 5.69 Å². The first kappa shape index (κ1) is 19.7. The minimum atomic E-state index is -3.65. The number of nitrogens with zero attached hydrogens (tertiary/aromatic N) is 1. The van der Waals surface area contributed by atoms with Gasteiger partial charge in [0.15, 0.2) is 0 Å². The molecule has 1 unspecified atom stereocenters. The van der Waals surface area contributed by atoms with Gasteiger partial charge in [0.05, 0.1) is 19.1 Å². The number of nitrogens with one attached hydrogen (secondary N) is 1. The van der Waals surface area contributed by atoms with Gasteiger partial charge in [-0.1, -0.05) is 0 Å². The van der Waals surface area contributed by atoms with E-state index < -0.39 is 10.0 Å². The Kier molecular flexibility index (Phi) is 6.80. The zero-order chi connectivity index (χ0) is 18.4. The minimum Gasteiger partial charge on any atom is -0.492 e. The molecule has 1 aliphatic heterocycles. The Morgan fingerprint density at radius 1 is 1.32 bits per heavy atom. The first-order chi connectivity index (χ1) is 11.9. The van der Waals surface area contributed by atoms with Crippen molar-refractivity contribution >= 4 is 21.6 Å². The fraction of sp³-hybridized carbons (Fsp3) is 0.588. The molecule has 0 aliphatic carbocycles. The molecule has 1 fully saturated rings. The lowest BCUT2D eigenvalue weighted by Crippen LogP contribution is -2.28. The van der Waals surface area contributed by atoms with Crippen LogP contribution in [-0.4, -0.2) is 51.5 Å². The molecule has 2 rings (SSSR count). The van der Waals surface area contributed by atoms with E-state index in [0.29, 0.717) is 31.1 Å². The molecule has 1 N–H and O–H groups in total. The number of sulfonamides is 1. The van der Waals surface area contributed by atoms with Crippen LogP contribution >= 0.6 is 0 Å². The molecule has 8 heteroatoms. The van der Waals surface area contributed by atoms with Crippen molar-refractivity contribution in [3.05, 3.63) is 18.2 Å². The highest BCUT2D eigenvalue weighted by Crippen LogP contribution is 2.31. The van der Waals surface area contributed by atoms with Crippen LogP contribution in [0.3, 0.4) is 0 Å². The Labute approximate surface area is 149 Å². The van der Waals surface area contributed by atoms with Gasteiger partial charge in [0, 0.05) is 25.9 Å². The van der Waals surface area contributed by atoms with Crippen molar-refractivity contribution in [2.24, 2.45) is 0 Å². The standard InChI is InChI=1S/C17H26N2O5S/c1-4-24-15-8-7-14(18-17(20)11-13(2)23-3)12-16(15)25(21,22)19-9-5-6-10-19/h7-8,12-13H,4-6,9-11H2,1-3H3,(H,18,20). The molecule has 0 aromatic heterocycles. The third-order valence-electron chi connectivity index (χ3n) is 4.09. The highest BCUT2D eigenvalue weighted by Gasteiger charge is 2.30. The molecule has 1 amide bonds. The maximum absolute atomic E-state index is 12.9. The number of hydrogen-bond acceptors (Lipinski definition) is 5. The molecule has 0 saturated carbocycles. The van der Waals surface area contributed by atoms with Crippen LogP contribution in [0.2, 0.25) is 0 Å². The lowest BCUT2D eigenvalue weighted by molar-refractivity contribution is -0.118. The van der Waals surface area contributed by atoms with E-state index in [9.17, 15) is 13.2 Å². The molecule has 1 aromatic carbocycles. The van der Waals surface area contributed by atoms with Crippen molar-refractivity contribution < 1.29 is 22.7 Å². The summed E-state index contributed by atoms with van der Waals surface area (Å²) in [6.45, 7) is 4.97. The molecular weight excluding hydrogens is 344 g/mol. The molecule has 1 aliphatic rings. The molecule has 1 atom stereocenters. The molecule has 1 aromatic rings. The molecule has 1 saturated heterocycles. The first-order valence-corrected chi connectivity index (χ1v) is 9.92. The van der Waals surface area contributed by atoms with Crippen LogP contribution in [0.25, 0.3) is 0 Å². The summed E-state index contributed by atoms with van der Waals surface area (Å²) >= 11 is 0. The van der Waals surface area contributed by atoms with E-state index in [1.54, 1.807) is 26.0 Å². The number of anilines is 1. The molecule has 0 spiro atoms. The van der Waals surface area contributed by atoms with Crippen molar-refractivity contribution in [2.45, 2.75) is 44.1 Å². The second kappa shape index (κ2) is 8.64. The number of amides is 1. The van der Waals surface area contributed by atoms with E-state index in [4.69, 9.17) is 9.47 Å². The summed E-state index contributed by atoms with van der Waals surface area (Å²) < 4.78 is 37.8. The van der Waals surface area contributed by atoms with E-state index in [-0.39, 0.29) is 23.3 Å². The van der Waals surface area contributed by atoms with Gasteiger partial charge >= 0.3 is 0 Å². The van der Waals surface area contributed by atoms with Crippen LogP contribution < -0.4 is 10.1 Å². The second-order valence-corrected chi connectivity index (χ2v) is 7.91. The predicted molar refractivity (Wildman–Crippen MR) is 95.3 cm³/mol. The van der Waals surface area contributed by atoms with Crippen molar-refractivity contribution in [3.8, 4) is 5.75 Å². The molecule has 7 nitrogen and oxygen atoms in total. The molecule has 140 valence electrons. The predicted octanol–water partition coefficient (Wildman–Crippen LogP) is 2.23. The largest absolute Gasteiger partial charge is 0.492 e. The van der Waals surface area contributed by atoms with Gasteiger partial charge in [-0.15, -0.1) is 0 Å². The van der Waals surface area contributed by atoms with Gasteiger partial charge in [-0.3, -0.25) is 4.79 Å². The van der Waals surface area contributed by atoms with Crippen LogP contribution in [-0.2, 0) is 19.6 Å². The summed E-state index contributed by atoms with van der Waals surface area (Å²) in [5.74, 6) is 0.0701. The molecular formula is C17H26N2O5S. The Balaban J connectivity index is 2.28. The van der Waals surface area contributed by atoms with E-state index in [1.807, 2.05) is 0 Å². The zero-order valence-corrected chi connectivity index (χ0v) is 15.8. The number of ether oxygens (including phenoxy) is 2. The van der Waals surface area contributed by atoms with Gasteiger partial charge in [-0.05, 0) is 44.9 Å². The third kappa shape index (κ3) is 4.93. The number of methoxy groups -OCH3 is 1. The van der Waals surface area contributed by atoms with E-state index in [0.717, 1.165) is 12.8 Å². The number of benzene rings is 1. The average molecular weight is 370 g/mol. The fourth-order valence-electron chi connectivity index (χ4n) is 2.69. The van der Waals surface area contributed by atoms with Gasteiger partial charge in [-0.25, -0.2) is 8.42 Å². The summed E-state index contributed by atoms with van der Waals surface area (Å²) in [6.07, 6.45) is 1.69. The van der Waals surface area contributed by atoms with Crippen LogP contribution in [0.1, 0.15) is 33.1 Å². The van der Waals surface area contributed by atoms with E-state index in [2.05, 4.69) is 5.32 Å². The normalized spacial score (nSPS) is 16.6. The van der Waals surface area contributed by atoms with Crippen LogP contribution in [0.5, 0.6) is 5.75 Å². The monoisotopic (exact) mass is 370 g/mol. The van der Waals surface area contributed by atoms with E-state index in [1.165, 1.54) is 17.5 Å². The molecule has 0 radical (unpaired) electrons. The number of carbonyl (C=O) groups is 1. The highest BCUT2D eigenvalue weighted by molar-refractivity contribution is 7.89. The van der Waals surface area contributed by atoms with Crippen molar-refractivity contribution in [2.75, 3.05) is 32.1 Å². The molecule has 0 bridgehead atoms. The summed E-state index contributed by atoms with van der Waals surface area (Å²) in [5, 5.41) is 2.72.